The highest BCUT2D eigenvalue weighted by molar-refractivity contribution is 8.00. The van der Waals surface area contributed by atoms with Crippen molar-refractivity contribution >= 4 is 35.0 Å². The SMILES string of the molecule is COc1ccc(C(=O)Nc2cccc(SC(C)C(=O)Nc3ccc(C)cc3)c2)cc1. The molecule has 0 saturated carbocycles. The van der Waals surface area contributed by atoms with Crippen molar-refractivity contribution in [3.63, 3.8) is 0 Å². The van der Waals surface area contributed by atoms with Gasteiger partial charge in [0, 0.05) is 21.8 Å². The van der Waals surface area contributed by atoms with Gasteiger partial charge in [0.05, 0.1) is 12.4 Å². The number of methoxy groups -OCH3 is 1. The van der Waals surface area contributed by atoms with Gasteiger partial charge in [-0.15, -0.1) is 11.8 Å². The van der Waals surface area contributed by atoms with Crippen molar-refractivity contribution < 1.29 is 14.3 Å². The Balaban J connectivity index is 1.60. The van der Waals surface area contributed by atoms with Gasteiger partial charge in [0.15, 0.2) is 0 Å². The minimum atomic E-state index is -0.293. The van der Waals surface area contributed by atoms with Gasteiger partial charge in [0.25, 0.3) is 5.91 Å². The molecule has 0 heterocycles. The van der Waals surface area contributed by atoms with E-state index in [1.165, 1.54) is 11.8 Å². The first-order chi connectivity index (χ1) is 14.4. The minimum absolute atomic E-state index is 0.0727. The average Bonchev–Trinajstić information content (AvgIpc) is 2.75. The van der Waals surface area contributed by atoms with Crippen LogP contribution in [0.5, 0.6) is 5.75 Å². The molecule has 0 aliphatic rings. The highest BCUT2D eigenvalue weighted by atomic mass is 32.2. The summed E-state index contributed by atoms with van der Waals surface area (Å²) in [7, 11) is 1.58. The van der Waals surface area contributed by atoms with Gasteiger partial charge in [0.1, 0.15) is 5.75 Å². The van der Waals surface area contributed by atoms with Gasteiger partial charge < -0.3 is 15.4 Å². The van der Waals surface area contributed by atoms with Crippen LogP contribution in [0.2, 0.25) is 0 Å². The smallest absolute Gasteiger partial charge is 0.255 e. The lowest BCUT2D eigenvalue weighted by Gasteiger charge is -2.13. The van der Waals surface area contributed by atoms with Crippen LogP contribution in [0.25, 0.3) is 0 Å². The average molecular weight is 421 g/mol. The molecule has 154 valence electrons. The number of nitrogens with one attached hydrogen (secondary N) is 2. The molecule has 0 saturated heterocycles. The highest BCUT2D eigenvalue weighted by Gasteiger charge is 2.15. The number of carbonyl (C=O) groups excluding carboxylic acids is 2. The summed E-state index contributed by atoms with van der Waals surface area (Å²) in [6.45, 7) is 3.86. The van der Waals surface area contributed by atoms with Crippen molar-refractivity contribution in [3.05, 3.63) is 83.9 Å². The van der Waals surface area contributed by atoms with Crippen molar-refractivity contribution in [1.82, 2.24) is 0 Å². The second-order valence-corrected chi connectivity index (χ2v) is 8.24. The van der Waals surface area contributed by atoms with E-state index in [2.05, 4.69) is 10.6 Å². The lowest BCUT2D eigenvalue weighted by atomic mass is 10.2. The molecule has 6 heteroatoms. The molecule has 0 spiro atoms. The maximum atomic E-state index is 12.5. The first kappa shape index (κ1) is 21.5. The van der Waals surface area contributed by atoms with Crippen LogP contribution < -0.4 is 15.4 Å². The summed E-state index contributed by atoms with van der Waals surface area (Å²) in [5.74, 6) is 0.421. The molecule has 2 N–H and O–H groups in total. The van der Waals surface area contributed by atoms with Gasteiger partial charge in [-0.2, -0.15) is 0 Å². The molecule has 0 radical (unpaired) electrons. The van der Waals surface area contributed by atoms with Crippen LogP contribution in [-0.4, -0.2) is 24.2 Å². The number of aryl methyl sites for hydroxylation is 1. The summed E-state index contributed by atoms with van der Waals surface area (Å²) in [6, 6.07) is 22.1. The molecular weight excluding hydrogens is 396 g/mol. The number of rotatable bonds is 7. The van der Waals surface area contributed by atoms with E-state index in [9.17, 15) is 9.59 Å². The quantitative estimate of drug-likeness (QED) is 0.504. The largest absolute Gasteiger partial charge is 0.497 e. The van der Waals surface area contributed by atoms with Gasteiger partial charge in [0.2, 0.25) is 5.91 Å². The van der Waals surface area contributed by atoms with E-state index < -0.39 is 0 Å². The summed E-state index contributed by atoms with van der Waals surface area (Å²) in [4.78, 5) is 25.8. The Kier molecular flexibility index (Phi) is 7.14. The Hall–Kier alpha value is -3.25. The molecule has 0 aliphatic carbocycles. The molecular formula is C24H24N2O3S. The minimum Gasteiger partial charge on any atom is -0.497 e. The van der Waals surface area contributed by atoms with Crippen LogP contribution in [0.1, 0.15) is 22.8 Å². The summed E-state index contributed by atoms with van der Waals surface area (Å²) in [6.07, 6.45) is 0. The number of amides is 2. The molecule has 30 heavy (non-hydrogen) atoms. The van der Waals surface area contributed by atoms with Crippen molar-refractivity contribution in [2.75, 3.05) is 17.7 Å². The molecule has 3 rings (SSSR count). The standard InChI is InChI=1S/C24H24N2O3S/c1-16-7-11-19(12-8-16)25-23(27)17(2)30-22-6-4-5-20(15-22)26-24(28)18-9-13-21(29-3)14-10-18/h4-15,17H,1-3H3,(H,25,27)(H,26,28). The van der Waals surface area contributed by atoms with Gasteiger partial charge in [-0.1, -0.05) is 23.8 Å². The van der Waals surface area contributed by atoms with E-state index >= 15 is 0 Å². The fraction of sp³-hybridized carbons (Fsp3) is 0.167. The Morgan fingerprint density at radius 2 is 1.60 bits per heavy atom. The molecule has 5 nitrogen and oxygen atoms in total. The highest BCUT2D eigenvalue weighted by Crippen LogP contribution is 2.27. The number of thioether (sulfide) groups is 1. The zero-order valence-electron chi connectivity index (χ0n) is 17.1. The fourth-order valence-electron chi connectivity index (χ4n) is 2.73. The maximum absolute atomic E-state index is 12.5. The summed E-state index contributed by atoms with van der Waals surface area (Å²) in [5.41, 5.74) is 3.13. The summed E-state index contributed by atoms with van der Waals surface area (Å²) < 4.78 is 5.11. The monoisotopic (exact) mass is 420 g/mol. The first-order valence-electron chi connectivity index (χ1n) is 9.54. The third-order valence-electron chi connectivity index (χ3n) is 4.45. The second kappa shape index (κ2) is 9.98. The summed E-state index contributed by atoms with van der Waals surface area (Å²) in [5, 5.41) is 5.52. The summed E-state index contributed by atoms with van der Waals surface area (Å²) >= 11 is 1.44. The number of ether oxygens (including phenoxy) is 1. The zero-order valence-corrected chi connectivity index (χ0v) is 18.0. The first-order valence-corrected chi connectivity index (χ1v) is 10.4. The van der Waals surface area contributed by atoms with Crippen molar-refractivity contribution in [1.29, 1.82) is 0 Å². The van der Waals surface area contributed by atoms with Crippen LogP contribution in [-0.2, 0) is 4.79 Å². The van der Waals surface area contributed by atoms with Crippen LogP contribution in [0.3, 0.4) is 0 Å². The van der Waals surface area contributed by atoms with Crippen molar-refractivity contribution in [2.45, 2.75) is 24.0 Å². The second-order valence-electron chi connectivity index (χ2n) is 6.83. The lowest BCUT2D eigenvalue weighted by molar-refractivity contribution is -0.115. The number of benzene rings is 3. The number of hydrogen-bond acceptors (Lipinski definition) is 4. The van der Waals surface area contributed by atoms with E-state index in [4.69, 9.17) is 4.74 Å². The van der Waals surface area contributed by atoms with Gasteiger partial charge >= 0.3 is 0 Å². The van der Waals surface area contributed by atoms with Gasteiger partial charge in [-0.3, -0.25) is 9.59 Å². The Labute approximate surface area is 180 Å². The van der Waals surface area contributed by atoms with E-state index in [0.717, 1.165) is 16.1 Å². The van der Waals surface area contributed by atoms with Crippen LogP contribution in [0.4, 0.5) is 11.4 Å². The van der Waals surface area contributed by atoms with Crippen LogP contribution in [0.15, 0.2) is 77.7 Å². The molecule has 1 atom stereocenters. The van der Waals surface area contributed by atoms with Gasteiger partial charge in [-0.05, 0) is 68.4 Å². The van der Waals surface area contributed by atoms with Crippen molar-refractivity contribution in [2.24, 2.45) is 0 Å². The third kappa shape index (κ3) is 5.87. The van der Waals surface area contributed by atoms with Gasteiger partial charge in [-0.25, -0.2) is 0 Å². The fourth-order valence-corrected chi connectivity index (χ4v) is 3.66. The Bertz CT molecular complexity index is 1020. The Morgan fingerprint density at radius 3 is 2.27 bits per heavy atom. The van der Waals surface area contributed by atoms with Crippen molar-refractivity contribution in [3.8, 4) is 5.75 Å². The molecule has 0 aliphatic heterocycles. The van der Waals surface area contributed by atoms with E-state index in [0.29, 0.717) is 17.0 Å². The van der Waals surface area contributed by atoms with E-state index in [1.54, 1.807) is 31.4 Å². The predicted octanol–water partition coefficient (Wildman–Crippen LogP) is 5.38. The molecule has 3 aromatic carbocycles. The molecule has 0 fully saturated rings. The van der Waals surface area contributed by atoms with Crippen LogP contribution >= 0.6 is 11.8 Å². The predicted molar refractivity (Wildman–Crippen MR) is 123 cm³/mol. The van der Waals surface area contributed by atoms with Crippen LogP contribution in [0, 0.1) is 6.92 Å². The zero-order chi connectivity index (χ0) is 21.5. The third-order valence-corrected chi connectivity index (χ3v) is 5.54. The number of carbonyl (C=O) groups is 2. The topological polar surface area (TPSA) is 67.4 Å². The normalized spacial score (nSPS) is 11.4. The van der Waals surface area contributed by atoms with E-state index in [-0.39, 0.29) is 17.1 Å². The molecule has 1 unspecified atom stereocenters. The maximum Gasteiger partial charge on any atom is 0.255 e. The number of hydrogen-bond donors (Lipinski definition) is 2. The molecule has 2 amide bonds. The molecule has 0 aromatic heterocycles. The Morgan fingerprint density at radius 1 is 0.900 bits per heavy atom. The molecule has 3 aromatic rings. The lowest BCUT2D eigenvalue weighted by Crippen LogP contribution is -2.22. The number of anilines is 2. The van der Waals surface area contributed by atoms with E-state index in [1.807, 2.05) is 62.4 Å². The molecule has 0 bridgehead atoms.